The summed E-state index contributed by atoms with van der Waals surface area (Å²) in [5.41, 5.74) is 1.02. The van der Waals surface area contributed by atoms with Gasteiger partial charge < -0.3 is 0 Å². The van der Waals surface area contributed by atoms with Gasteiger partial charge in [0, 0.05) is 17.8 Å². The van der Waals surface area contributed by atoms with Crippen molar-refractivity contribution in [3.05, 3.63) is 23.2 Å². The van der Waals surface area contributed by atoms with E-state index in [0.29, 0.717) is 5.15 Å². The average Bonchev–Trinajstić information content (AvgIpc) is 2.30. The summed E-state index contributed by atoms with van der Waals surface area (Å²) in [4.78, 5) is 8.53. The molecule has 0 aliphatic rings. The van der Waals surface area contributed by atoms with E-state index in [9.17, 15) is 0 Å². The number of hydrogen-bond acceptors (Lipinski definition) is 2. The maximum Gasteiger partial charge on any atom is 0.151 e. The van der Waals surface area contributed by atoms with Crippen molar-refractivity contribution < 1.29 is 0 Å². The fourth-order valence-corrected chi connectivity index (χ4v) is 2.29. The van der Waals surface area contributed by atoms with E-state index in [1.54, 1.807) is 12.4 Å². The number of aromatic nitrogens is 2. The van der Waals surface area contributed by atoms with Crippen molar-refractivity contribution >= 4 is 11.6 Å². The molecule has 0 aromatic carbocycles. The molecule has 0 spiro atoms. The summed E-state index contributed by atoms with van der Waals surface area (Å²) in [6.07, 6.45) is 9.31. The minimum Gasteiger partial charge on any atom is -0.256 e. The zero-order valence-electron chi connectivity index (χ0n) is 10.5. The van der Waals surface area contributed by atoms with Gasteiger partial charge in [0.1, 0.15) is 0 Å². The molecule has 0 saturated carbocycles. The predicted molar refractivity (Wildman–Crippen MR) is 68.8 cm³/mol. The van der Waals surface area contributed by atoms with Crippen LogP contribution in [-0.4, -0.2) is 9.97 Å². The summed E-state index contributed by atoms with van der Waals surface area (Å²) in [6, 6.07) is 0. The number of halogens is 1. The third-order valence-electron chi connectivity index (χ3n) is 3.34. The van der Waals surface area contributed by atoms with Gasteiger partial charge in [-0.3, -0.25) is 4.98 Å². The zero-order chi connectivity index (χ0) is 12.0. The van der Waals surface area contributed by atoms with E-state index in [2.05, 4.69) is 30.7 Å². The molecular formula is C13H21ClN2. The van der Waals surface area contributed by atoms with Crippen molar-refractivity contribution in [3.8, 4) is 0 Å². The summed E-state index contributed by atoms with van der Waals surface area (Å²) >= 11 is 6.13. The fourth-order valence-electron chi connectivity index (χ4n) is 1.95. The molecule has 0 aliphatic carbocycles. The van der Waals surface area contributed by atoms with Crippen LogP contribution in [0.4, 0.5) is 0 Å². The van der Waals surface area contributed by atoms with E-state index in [0.717, 1.165) is 18.5 Å². The van der Waals surface area contributed by atoms with E-state index >= 15 is 0 Å². The molecule has 0 amide bonds. The van der Waals surface area contributed by atoms with Gasteiger partial charge in [-0.05, 0) is 12.8 Å². The Balaban J connectivity index is 2.83. The van der Waals surface area contributed by atoms with Gasteiger partial charge in [-0.1, -0.05) is 51.6 Å². The smallest absolute Gasteiger partial charge is 0.151 e. The molecule has 1 aromatic rings. The maximum atomic E-state index is 6.13. The molecule has 2 nitrogen and oxygen atoms in total. The van der Waals surface area contributed by atoms with Crippen molar-refractivity contribution in [1.82, 2.24) is 9.97 Å². The van der Waals surface area contributed by atoms with Crippen LogP contribution in [0.25, 0.3) is 0 Å². The van der Waals surface area contributed by atoms with Crippen LogP contribution in [0.15, 0.2) is 12.4 Å². The molecule has 0 aliphatic heterocycles. The third-order valence-corrected chi connectivity index (χ3v) is 3.61. The van der Waals surface area contributed by atoms with Crippen LogP contribution in [0.1, 0.15) is 58.6 Å². The summed E-state index contributed by atoms with van der Waals surface area (Å²) in [6.45, 7) is 6.65. The molecule has 3 heteroatoms. The molecule has 1 rings (SSSR count). The predicted octanol–water partition coefficient (Wildman–Crippen LogP) is 4.38. The highest BCUT2D eigenvalue weighted by Gasteiger charge is 2.28. The molecule has 1 atom stereocenters. The molecule has 0 bridgehead atoms. The second kappa shape index (κ2) is 6.19. The molecule has 0 N–H and O–H groups in total. The van der Waals surface area contributed by atoms with Crippen LogP contribution >= 0.6 is 11.6 Å². The largest absolute Gasteiger partial charge is 0.256 e. The van der Waals surface area contributed by atoms with Gasteiger partial charge in [0.25, 0.3) is 0 Å². The molecule has 1 aromatic heterocycles. The van der Waals surface area contributed by atoms with E-state index in [4.69, 9.17) is 11.6 Å². The molecule has 0 fully saturated rings. The first-order valence-corrected chi connectivity index (χ1v) is 6.49. The quantitative estimate of drug-likeness (QED) is 0.690. The second-order valence-corrected chi connectivity index (χ2v) is 4.93. The van der Waals surface area contributed by atoms with Crippen molar-refractivity contribution in [2.45, 2.75) is 58.3 Å². The highest BCUT2D eigenvalue weighted by molar-refractivity contribution is 6.30. The number of rotatable bonds is 6. The minimum atomic E-state index is 0.0700. The van der Waals surface area contributed by atoms with Crippen molar-refractivity contribution in [2.24, 2.45) is 0 Å². The number of unbranched alkanes of at least 4 members (excludes halogenated alkanes) is 2. The minimum absolute atomic E-state index is 0.0700. The van der Waals surface area contributed by atoms with Gasteiger partial charge in [-0.2, -0.15) is 0 Å². The van der Waals surface area contributed by atoms with Crippen LogP contribution < -0.4 is 0 Å². The van der Waals surface area contributed by atoms with Gasteiger partial charge in [0.15, 0.2) is 5.15 Å². The molecule has 1 heterocycles. The van der Waals surface area contributed by atoms with Gasteiger partial charge in [-0.25, -0.2) is 4.98 Å². The van der Waals surface area contributed by atoms with E-state index < -0.39 is 0 Å². The SMILES string of the molecule is CCCCCC(C)(CC)c1nccnc1Cl. The van der Waals surface area contributed by atoms with E-state index in [1.807, 2.05) is 0 Å². The lowest BCUT2D eigenvalue weighted by atomic mass is 9.79. The lowest BCUT2D eigenvalue weighted by Crippen LogP contribution is -2.23. The Morgan fingerprint density at radius 1 is 1.19 bits per heavy atom. The average molecular weight is 241 g/mol. The van der Waals surface area contributed by atoms with E-state index in [-0.39, 0.29) is 5.41 Å². The molecule has 90 valence electrons. The van der Waals surface area contributed by atoms with Crippen molar-refractivity contribution in [3.63, 3.8) is 0 Å². The van der Waals surface area contributed by atoms with Gasteiger partial charge >= 0.3 is 0 Å². The number of hydrogen-bond donors (Lipinski definition) is 0. The maximum absolute atomic E-state index is 6.13. The first-order chi connectivity index (χ1) is 7.64. The Labute approximate surface area is 103 Å². The van der Waals surface area contributed by atoms with Crippen LogP contribution in [-0.2, 0) is 5.41 Å². The van der Waals surface area contributed by atoms with Crippen LogP contribution in [0.5, 0.6) is 0 Å². The Kier molecular flexibility index (Phi) is 5.20. The molecular weight excluding hydrogens is 220 g/mol. The molecule has 1 unspecified atom stereocenters. The highest BCUT2D eigenvalue weighted by Crippen LogP contribution is 2.34. The Bertz CT molecular complexity index is 327. The number of nitrogens with zero attached hydrogens (tertiary/aromatic N) is 2. The van der Waals surface area contributed by atoms with Gasteiger partial charge in [-0.15, -0.1) is 0 Å². The Morgan fingerprint density at radius 3 is 2.44 bits per heavy atom. The summed E-state index contributed by atoms with van der Waals surface area (Å²) in [5.74, 6) is 0. The summed E-state index contributed by atoms with van der Waals surface area (Å²) < 4.78 is 0. The third kappa shape index (κ3) is 3.18. The molecule has 16 heavy (non-hydrogen) atoms. The second-order valence-electron chi connectivity index (χ2n) is 4.57. The highest BCUT2D eigenvalue weighted by atomic mass is 35.5. The van der Waals surface area contributed by atoms with Crippen LogP contribution in [0, 0.1) is 0 Å². The lowest BCUT2D eigenvalue weighted by Gasteiger charge is -2.28. The lowest BCUT2D eigenvalue weighted by molar-refractivity contribution is 0.387. The van der Waals surface area contributed by atoms with Crippen molar-refractivity contribution in [1.29, 1.82) is 0 Å². The van der Waals surface area contributed by atoms with E-state index in [1.165, 1.54) is 19.3 Å². The Morgan fingerprint density at radius 2 is 1.88 bits per heavy atom. The van der Waals surface area contributed by atoms with Crippen molar-refractivity contribution in [2.75, 3.05) is 0 Å². The normalized spacial score (nSPS) is 14.8. The molecule has 0 radical (unpaired) electrons. The van der Waals surface area contributed by atoms with Crippen LogP contribution in [0.3, 0.4) is 0 Å². The molecule has 0 saturated heterocycles. The topological polar surface area (TPSA) is 25.8 Å². The monoisotopic (exact) mass is 240 g/mol. The first kappa shape index (κ1) is 13.4. The fraction of sp³-hybridized carbons (Fsp3) is 0.692. The summed E-state index contributed by atoms with van der Waals surface area (Å²) in [7, 11) is 0. The van der Waals surface area contributed by atoms with Crippen LogP contribution in [0.2, 0.25) is 5.15 Å². The zero-order valence-corrected chi connectivity index (χ0v) is 11.2. The van der Waals surface area contributed by atoms with Gasteiger partial charge in [0.05, 0.1) is 5.69 Å². The van der Waals surface area contributed by atoms with Gasteiger partial charge in [0.2, 0.25) is 0 Å². The first-order valence-electron chi connectivity index (χ1n) is 6.11. The standard InChI is InChI=1S/C13H21ClN2/c1-4-6-7-8-13(3,5-2)11-12(14)16-10-9-15-11/h9-10H,4-8H2,1-3H3. The Hall–Kier alpha value is -0.630. The summed E-state index contributed by atoms with van der Waals surface area (Å²) in [5, 5.41) is 0.559.